The Morgan fingerprint density at radius 3 is 2.35 bits per heavy atom. The number of rotatable bonds is 5. The molecule has 0 radical (unpaired) electrons. The van der Waals surface area contributed by atoms with Gasteiger partial charge in [-0.1, -0.05) is 0 Å². The van der Waals surface area contributed by atoms with E-state index in [0.717, 1.165) is 24.0 Å². The van der Waals surface area contributed by atoms with Crippen molar-refractivity contribution in [2.75, 3.05) is 35.9 Å². The first kappa shape index (κ1) is 14.2. The molecule has 1 aromatic heterocycles. The van der Waals surface area contributed by atoms with Crippen LogP contribution in [0.4, 0.5) is 10.8 Å². The quantitative estimate of drug-likeness (QED) is 0.758. The third-order valence-corrected chi connectivity index (χ3v) is 4.85. The van der Waals surface area contributed by atoms with E-state index in [4.69, 9.17) is 5.73 Å². The second-order valence-corrected chi connectivity index (χ2v) is 8.54. The van der Waals surface area contributed by atoms with E-state index in [9.17, 15) is 16.8 Å². The summed E-state index contributed by atoms with van der Waals surface area (Å²) < 4.78 is 48.4. The molecule has 0 spiro atoms. The molecular weight excluding hydrogens is 286 g/mol. The van der Waals surface area contributed by atoms with Gasteiger partial charge in [0.15, 0.2) is 15.7 Å². The van der Waals surface area contributed by atoms with Gasteiger partial charge >= 0.3 is 0 Å². The smallest absolute Gasteiger partial charge is 0.182 e. The maximum Gasteiger partial charge on any atom is 0.182 e. The minimum absolute atomic E-state index is 0.0700. The van der Waals surface area contributed by atoms with Crippen LogP contribution >= 0.6 is 11.5 Å². The van der Waals surface area contributed by atoms with Gasteiger partial charge in [-0.15, -0.1) is 0 Å². The van der Waals surface area contributed by atoms with Crippen LogP contribution in [0.1, 0.15) is 0 Å². The van der Waals surface area contributed by atoms with Gasteiger partial charge in [0.05, 0.1) is 5.75 Å². The summed E-state index contributed by atoms with van der Waals surface area (Å²) in [5, 5.41) is 2.99. The van der Waals surface area contributed by atoms with Crippen molar-refractivity contribution < 1.29 is 16.8 Å². The predicted molar refractivity (Wildman–Crippen MR) is 67.8 cm³/mol. The zero-order valence-electron chi connectivity index (χ0n) is 9.30. The van der Waals surface area contributed by atoms with Gasteiger partial charge in [-0.05, 0) is 11.5 Å². The third-order valence-electron chi connectivity index (χ3n) is 1.80. The summed E-state index contributed by atoms with van der Waals surface area (Å²) in [5.74, 6) is -0.159. The largest absolute Gasteiger partial charge is 0.382 e. The maximum absolute atomic E-state index is 11.4. The van der Waals surface area contributed by atoms with Crippen LogP contribution in [-0.2, 0) is 19.7 Å². The Labute approximate surface area is 104 Å². The van der Waals surface area contributed by atoms with Crippen molar-refractivity contribution >= 4 is 42.0 Å². The van der Waals surface area contributed by atoms with Crippen molar-refractivity contribution in [2.45, 2.75) is 4.90 Å². The first-order valence-electron chi connectivity index (χ1n) is 4.48. The number of anilines is 2. The summed E-state index contributed by atoms with van der Waals surface area (Å²) in [6.45, 7) is 0.114. The molecule has 0 aliphatic carbocycles. The first-order valence-corrected chi connectivity index (χ1v) is 9.20. The average Bonchev–Trinajstić information content (AvgIpc) is 2.43. The summed E-state index contributed by atoms with van der Waals surface area (Å²) in [4.78, 5) is -0.0731. The first-order chi connectivity index (χ1) is 7.61. The Hall–Kier alpha value is -0.870. The molecule has 0 unspecified atom stereocenters. The minimum atomic E-state index is -3.48. The Morgan fingerprint density at radius 1 is 1.29 bits per heavy atom. The van der Waals surface area contributed by atoms with Crippen LogP contribution in [0.3, 0.4) is 0 Å². The van der Waals surface area contributed by atoms with Crippen LogP contribution in [0.15, 0.2) is 4.90 Å². The molecule has 0 saturated heterocycles. The van der Waals surface area contributed by atoms with E-state index >= 15 is 0 Å². The van der Waals surface area contributed by atoms with Gasteiger partial charge in [0.2, 0.25) is 0 Å². The number of hydrogen-bond acceptors (Lipinski definition) is 8. The van der Waals surface area contributed by atoms with Crippen molar-refractivity contribution in [3.63, 3.8) is 0 Å². The monoisotopic (exact) mass is 299 g/mol. The Morgan fingerprint density at radius 2 is 1.88 bits per heavy atom. The standard InChI is InChI=1S/C7H13N3O4S3/c1-16(11,12)4-3-9-7-5(17(2,13)14)6(8)10-15-7/h9H,3-4H2,1-2H3,(H2,8,10). The maximum atomic E-state index is 11.4. The van der Waals surface area contributed by atoms with E-state index in [-0.39, 0.29) is 28.0 Å². The van der Waals surface area contributed by atoms with E-state index in [1.54, 1.807) is 0 Å². The SMILES string of the molecule is CS(=O)(=O)CCNc1snc(N)c1S(C)(=O)=O. The number of nitrogens with zero attached hydrogens (tertiary/aromatic N) is 1. The van der Waals surface area contributed by atoms with Gasteiger partial charge in [0.25, 0.3) is 0 Å². The fourth-order valence-corrected chi connectivity index (χ4v) is 3.68. The lowest BCUT2D eigenvalue weighted by atomic mass is 10.6. The Balaban J connectivity index is 2.87. The number of nitrogen functional groups attached to an aromatic ring is 1. The van der Waals surface area contributed by atoms with E-state index in [1.807, 2.05) is 0 Å². The van der Waals surface area contributed by atoms with E-state index in [1.165, 1.54) is 0 Å². The molecule has 0 atom stereocenters. The minimum Gasteiger partial charge on any atom is -0.382 e. The van der Waals surface area contributed by atoms with E-state index < -0.39 is 19.7 Å². The van der Waals surface area contributed by atoms with Crippen LogP contribution in [-0.4, -0.2) is 46.0 Å². The number of nitrogens with two attached hydrogens (primary N) is 1. The van der Waals surface area contributed by atoms with Gasteiger partial charge in [0, 0.05) is 19.1 Å². The third kappa shape index (κ3) is 4.13. The summed E-state index contributed by atoms with van der Waals surface area (Å²) >= 11 is 0.894. The summed E-state index contributed by atoms with van der Waals surface area (Å²) in [5.41, 5.74) is 5.45. The van der Waals surface area contributed by atoms with Crippen LogP contribution in [0.2, 0.25) is 0 Å². The molecule has 1 aromatic rings. The van der Waals surface area contributed by atoms with Crippen molar-refractivity contribution in [3.8, 4) is 0 Å². The average molecular weight is 299 g/mol. The molecule has 0 amide bonds. The molecule has 0 aliphatic heterocycles. The highest BCUT2D eigenvalue weighted by Crippen LogP contribution is 2.30. The molecule has 1 heterocycles. The normalized spacial score (nSPS) is 12.6. The molecule has 7 nitrogen and oxygen atoms in total. The van der Waals surface area contributed by atoms with Crippen molar-refractivity contribution in [2.24, 2.45) is 0 Å². The Bertz CT molecular complexity index is 602. The number of hydrogen-bond donors (Lipinski definition) is 2. The van der Waals surface area contributed by atoms with Gasteiger partial charge < -0.3 is 11.1 Å². The fraction of sp³-hybridized carbons (Fsp3) is 0.571. The fourth-order valence-electron chi connectivity index (χ4n) is 1.11. The molecule has 1 rings (SSSR count). The zero-order valence-corrected chi connectivity index (χ0v) is 11.7. The van der Waals surface area contributed by atoms with Crippen molar-refractivity contribution in [1.82, 2.24) is 4.37 Å². The lowest BCUT2D eigenvalue weighted by Gasteiger charge is -2.04. The number of nitrogens with one attached hydrogen (secondary N) is 1. The van der Waals surface area contributed by atoms with E-state index in [2.05, 4.69) is 9.69 Å². The van der Waals surface area contributed by atoms with Gasteiger partial charge in [0.1, 0.15) is 19.7 Å². The Kier molecular flexibility index (Phi) is 3.99. The molecule has 0 aliphatic rings. The lowest BCUT2D eigenvalue weighted by Crippen LogP contribution is -2.15. The lowest BCUT2D eigenvalue weighted by molar-refractivity contribution is 0.601. The number of sulfone groups is 2. The molecule has 0 bridgehead atoms. The van der Waals surface area contributed by atoms with Crippen LogP contribution in [0, 0.1) is 0 Å². The summed E-state index contributed by atoms with van der Waals surface area (Å²) in [6.07, 6.45) is 2.13. The zero-order chi connectivity index (χ0) is 13.3. The molecular formula is C7H13N3O4S3. The second-order valence-electron chi connectivity index (χ2n) is 3.55. The highest BCUT2D eigenvalue weighted by atomic mass is 32.2. The van der Waals surface area contributed by atoms with Crippen molar-refractivity contribution in [1.29, 1.82) is 0 Å². The summed E-state index contributed by atoms with van der Waals surface area (Å²) in [6, 6.07) is 0. The highest BCUT2D eigenvalue weighted by molar-refractivity contribution is 7.91. The van der Waals surface area contributed by atoms with Gasteiger partial charge in [-0.3, -0.25) is 0 Å². The van der Waals surface area contributed by atoms with Crippen LogP contribution in [0.25, 0.3) is 0 Å². The molecule has 98 valence electrons. The molecule has 10 heteroatoms. The summed E-state index contributed by atoms with van der Waals surface area (Å²) in [7, 11) is -6.57. The van der Waals surface area contributed by atoms with Gasteiger partial charge in [-0.25, -0.2) is 16.8 Å². The predicted octanol–water partition coefficient (Wildman–Crippen LogP) is -0.415. The molecule has 0 aromatic carbocycles. The molecule has 17 heavy (non-hydrogen) atoms. The van der Waals surface area contributed by atoms with Crippen molar-refractivity contribution in [3.05, 3.63) is 0 Å². The highest BCUT2D eigenvalue weighted by Gasteiger charge is 2.21. The van der Waals surface area contributed by atoms with E-state index in [0.29, 0.717) is 0 Å². The van der Waals surface area contributed by atoms with Crippen LogP contribution in [0.5, 0.6) is 0 Å². The van der Waals surface area contributed by atoms with Gasteiger partial charge in [-0.2, -0.15) is 4.37 Å². The second kappa shape index (κ2) is 4.78. The topological polar surface area (TPSA) is 119 Å². The molecule has 3 N–H and O–H groups in total. The molecule has 0 fully saturated rings. The van der Waals surface area contributed by atoms with Crippen LogP contribution < -0.4 is 11.1 Å². The molecule has 0 saturated carbocycles. The number of aromatic nitrogens is 1.